The van der Waals surface area contributed by atoms with Gasteiger partial charge in [0.1, 0.15) is 11.7 Å². The average Bonchev–Trinajstić information content (AvgIpc) is 2.13. The van der Waals surface area contributed by atoms with Crippen LogP contribution in [0.15, 0.2) is 11.6 Å². The maximum atomic E-state index is 9.86. The Morgan fingerprint density at radius 2 is 2.07 bits per heavy atom. The Labute approximate surface area is 93.0 Å². The van der Waals surface area contributed by atoms with Gasteiger partial charge in [0.2, 0.25) is 0 Å². The highest BCUT2D eigenvalue weighted by molar-refractivity contribution is 5.15. The van der Waals surface area contributed by atoms with Crippen molar-refractivity contribution in [1.82, 2.24) is 0 Å². The molecule has 0 aromatic heterocycles. The van der Waals surface area contributed by atoms with Crippen molar-refractivity contribution in [1.29, 1.82) is 0 Å². The van der Waals surface area contributed by atoms with Crippen LogP contribution in [0.25, 0.3) is 0 Å². The molecule has 15 heavy (non-hydrogen) atoms. The smallest absolute Gasteiger partial charge is 0.123 e. The van der Waals surface area contributed by atoms with Gasteiger partial charge in [0, 0.05) is 0 Å². The molecule has 0 radical (unpaired) electrons. The Bertz CT molecular complexity index is 262. The van der Waals surface area contributed by atoms with Crippen LogP contribution < -0.4 is 0 Å². The van der Waals surface area contributed by atoms with Crippen molar-refractivity contribution in [3.05, 3.63) is 11.6 Å². The summed E-state index contributed by atoms with van der Waals surface area (Å²) in [6, 6.07) is 0. The molecule has 0 aromatic carbocycles. The molecule has 0 unspecified atom stereocenters. The second kappa shape index (κ2) is 6.66. The third kappa shape index (κ3) is 8.23. The Kier molecular flexibility index (Phi) is 6.31. The molecule has 2 atom stereocenters. The Balaban J connectivity index is 4.16. The zero-order chi connectivity index (χ0) is 11.9. The third-order valence-electron chi connectivity index (χ3n) is 2.08. The SMILES string of the molecule is CC[C@H](O)C#C[C@@](C)(O)CCC=C(C)C. The van der Waals surface area contributed by atoms with Crippen molar-refractivity contribution in [2.24, 2.45) is 0 Å². The summed E-state index contributed by atoms with van der Waals surface area (Å²) in [6.07, 6.45) is 3.46. The third-order valence-corrected chi connectivity index (χ3v) is 2.08. The number of allylic oxidation sites excluding steroid dienone is 2. The van der Waals surface area contributed by atoms with Crippen molar-refractivity contribution in [3.63, 3.8) is 0 Å². The van der Waals surface area contributed by atoms with Crippen molar-refractivity contribution in [2.75, 3.05) is 0 Å². The summed E-state index contributed by atoms with van der Waals surface area (Å²) < 4.78 is 0. The van der Waals surface area contributed by atoms with Crippen molar-refractivity contribution in [3.8, 4) is 11.8 Å². The van der Waals surface area contributed by atoms with E-state index in [0.717, 1.165) is 6.42 Å². The highest BCUT2D eigenvalue weighted by Crippen LogP contribution is 2.12. The number of aliphatic hydroxyl groups excluding tert-OH is 1. The van der Waals surface area contributed by atoms with Gasteiger partial charge in [-0.25, -0.2) is 0 Å². The molecule has 0 bridgehead atoms. The average molecular weight is 210 g/mol. The maximum Gasteiger partial charge on any atom is 0.123 e. The van der Waals surface area contributed by atoms with Gasteiger partial charge in [0.05, 0.1) is 0 Å². The summed E-state index contributed by atoms with van der Waals surface area (Å²) in [5, 5.41) is 19.1. The number of aliphatic hydroxyl groups is 2. The van der Waals surface area contributed by atoms with Crippen LogP contribution in [-0.2, 0) is 0 Å². The summed E-state index contributed by atoms with van der Waals surface area (Å²) in [5.74, 6) is 5.36. The standard InChI is InChI=1S/C13H22O2/c1-5-12(14)8-10-13(4,15)9-6-7-11(2)3/h7,12,14-15H,5-6,9H2,1-4H3/t12-,13-/m0/s1. The van der Waals surface area contributed by atoms with Gasteiger partial charge >= 0.3 is 0 Å². The van der Waals surface area contributed by atoms with Gasteiger partial charge in [-0.15, -0.1) is 0 Å². The lowest BCUT2D eigenvalue weighted by Crippen LogP contribution is -2.21. The molecular weight excluding hydrogens is 188 g/mol. The van der Waals surface area contributed by atoms with E-state index < -0.39 is 11.7 Å². The zero-order valence-corrected chi connectivity index (χ0v) is 10.2. The van der Waals surface area contributed by atoms with E-state index in [9.17, 15) is 10.2 Å². The first-order chi connectivity index (χ1) is 6.87. The van der Waals surface area contributed by atoms with Crippen LogP contribution in [0, 0.1) is 11.8 Å². The molecule has 0 aliphatic rings. The van der Waals surface area contributed by atoms with Crippen LogP contribution in [0.3, 0.4) is 0 Å². The van der Waals surface area contributed by atoms with Crippen molar-refractivity contribution in [2.45, 2.75) is 58.7 Å². The molecule has 2 nitrogen and oxygen atoms in total. The fourth-order valence-electron chi connectivity index (χ4n) is 1.05. The summed E-state index contributed by atoms with van der Waals surface area (Å²) in [6.45, 7) is 7.60. The Hall–Kier alpha value is -0.780. The number of hydrogen-bond acceptors (Lipinski definition) is 2. The Morgan fingerprint density at radius 3 is 2.53 bits per heavy atom. The predicted octanol–water partition coefficient (Wildman–Crippen LogP) is 2.26. The lowest BCUT2D eigenvalue weighted by molar-refractivity contribution is 0.112. The molecule has 0 saturated carbocycles. The number of hydrogen-bond donors (Lipinski definition) is 2. The lowest BCUT2D eigenvalue weighted by atomic mass is 9.99. The summed E-state index contributed by atoms with van der Waals surface area (Å²) in [4.78, 5) is 0. The van der Waals surface area contributed by atoms with E-state index in [-0.39, 0.29) is 0 Å². The topological polar surface area (TPSA) is 40.5 Å². The minimum absolute atomic E-state index is 0.594. The minimum Gasteiger partial charge on any atom is -0.380 e. The molecule has 0 saturated heterocycles. The van der Waals surface area contributed by atoms with Crippen molar-refractivity contribution < 1.29 is 10.2 Å². The van der Waals surface area contributed by atoms with Crippen LogP contribution in [0.5, 0.6) is 0 Å². The summed E-state index contributed by atoms with van der Waals surface area (Å²) in [5.41, 5.74) is 0.245. The van der Waals surface area contributed by atoms with Gasteiger partial charge in [0.25, 0.3) is 0 Å². The van der Waals surface area contributed by atoms with Crippen LogP contribution in [0.1, 0.15) is 47.0 Å². The molecule has 0 aromatic rings. The maximum absolute atomic E-state index is 9.86. The molecule has 0 rings (SSSR count). The van der Waals surface area contributed by atoms with Gasteiger partial charge in [-0.3, -0.25) is 0 Å². The number of rotatable bonds is 4. The van der Waals surface area contributed by atoms with E-state index in [1.807, 2.05) is 20.8 Å². The first-order valence-corrected chi connectivity index (χ1v) is 5.44. The monoisotopic (exact) mass is 210 g/mol. The van der Waals surface area contributed by atoms with E-state index in [4.69, 9.17) is 0 Å². The van der Waals surface area contributed by atoms with Crippen molar-refractivity contribution >= 4 is 0 Å². The van der Waals surface area contributed by atoms with Gasteiger partial charge in [-0.2, -0.15) is 0 Å². The van der Waals surface area contributed by atoms with E-state index in [1.165, 1.54) is 5.57 Å². The zero-order valence-electron chi connectivity index (χ0n) is 10.2. The first kappa shape index (κ1) is 14.2. The van der Waals surface area contributed by atoms with E-state index >= 15 is 0 Å². The van der Waals surface area contributed by atoms with Gasteiger partial charge in [-0.05, 0) is 40.0 Å². The Morgan fingerprint density at radius 1 is 1.47 bits per heavy atom. The molecule has 0 spiro atoms. The molecule has 0 fully saturated rings. The van der Waals surface area contributed by atoms with Gasteiger partial charge in [0.15, 0.2) is 0 Å². The molecule has 2 N–H and O–H groups in total. The molecule has 2 heteroatoms. The fraction of sp³-hybridized carbons (Fsp3) is 0.692. The second-order valence-corrected chi connectivity index (χ2v) is 4.29. The molecule has 0 heterocycles. The predicted molar refractivity (Wildman–Crippen MR) is 63.4 cm³/mol. The summed E-state index contributed by atoms with van der Waals surface area (Å²) >= 11 is 0. The van der Waals surface area contributed by atoms with Gasteiger partial charge < -0.3 is 10.2 Å². The lowest BCUT2D eigenvalue weighted by Gasteiger charge is -2.15. The largest absolute Gasteiger partial charge is 0.380 e. The summed E-state index contributed by atoms with van der Waals surface area (Å²) in [7, 11) is 0. The van der Waals surface area contributed by atoms with Crippen LogP contribution >= 0.6 is 0 Å². The van der Waals surface area contributed by atoms with Crippen LogP contribution in [-0.4, -0.2) is 21.9 Å². The van der Waals surface area contributed by atoms with E-state index in [2.05, 4.69) is 17.9 Å². The van der Waals surface area contributed by atoms with Gasteiger partial charge in [-0.1, -0.05) is 30.4 Å². The normalized spacial score (nSPS) is 15.9. The molecular formula is C13H22O2. The van der Waals surface area contributed by atoms with Crippen LogP contribution in [0.4, 0.5) is 0 Å². The quantitative estimate of drug-likeness (QED) is 0.552. The first-order valence-electron chi connectivity index (χ1n) is 5.44. The fourth-order valence-corrected chi connectivity index (χ4v) is 1.05. The molecule has 0 amide bonds. The molecule has 0 aliphatic carbocycles. The highest BCUT2D eigenvalue weighted by atomic mass is 16.3. The van der Waals surface area contributed by atoms with E-state index in [1.54, 1.807) is 6.92 Å². The second-order valence-electron chi connectivity index (χ2n) is 4.29. The molecule has 86 valence electrons. The van der Waals surface area contributed by atoms with E-state index in [0.29, 0.717) is 12.8 Å². The minimum atomic E-state index is -0.998. The molecule has 0 aliphatic heterocycles. The van der Waals surface area contributed by atoms with Crippen LogP contribution in [0.2, 0.25) is 0 Å². The highest BCUT2D eigenvalue weighted by Gasteiger charge is 2.15.